The number of hydrazine groups is 1. The molecule has 11 nitrogen and oxygen atoms in total. The molecule has 0 radical (unpaired) electrons. The van der Waals surface area contributed by atoms with Crippen LogP contribution in [0.3, 0.4) is 0 Å². The smallest absolute Gasteiger partial charge is 0.352 e. The molecule has 204 valence electrons. The second-order valence-corrected chi connectivity index (χ2v) is 10.7. The van der Waals surface area contributed by atoms with Gasteiger partial charge in [0.15, 0.2) is 0 Å². The molecule has 3 aliphatic heterocycles. The summed E-state index contributed by atoms with van der Waals surface area (Å²) in [4.78, 5) is 46.6. The van der Waals surface area contributed by atoms with Gasteiger partial charge in [-0.1, -0.05) is 48.5 Å². The number of amides is 1. The van der Waals surface area contributed by atoms with Crippen molar-refractivity contribution in [1.29, 1.82) is 0 Å². The maximum Gasteiger partial charge on any atom is 0.352 e. The summed E-state index contributed by atoms with van der Waals surface area (Å²) in [6.07, 6.45) is 0.301. The molecule has 1 N–H and O–H groups in total. The maximum absolute atomic E-state index is 12.9. The highest BCUT2D eigenvalue weighted by molar-refractivity contribution is 8.00. The molecule has 3 heterocycles. The van der Waals surface area contributed by atoms with Gasteiger partial charge < -0.3 is 20.1 Å². The third-order valence-corrected chi connectivity index (χ3v) is 8.43. The summed E-state index contributed by atoms with van der Waals surface area (Å²) < 4.78 is 0. The van der Waals surface area contributed by atoms with E-state index >= 15 is 0 Å². The average molecular weight is 552 g/mol. The number of benzene rings is 2. The first kappa shape index (κ1) is 26.5. The first-order valence-electron chi connectivity index (χ1n) is 12.7. The highest BCUT2D eigenvalue weighted by Gasteiger charge is 2.53. The van der Waals surface area contributed by atoms with Crippen molar-refractivity contribution < 1.29 is 29.3 Å². The van der Waals surface area contributed by atoms with Gasteiger partial charge in [-0.25, -0.2) is 4.79 Å². The number of carbonyl (C=O) groups is 3. The van der Waals surface area contributed by atoms with Crippen LogP contribution in [0.1, 0.15) is 12.0 Å². The third kappa shape index (κ3) is 5.85. The van der Waals surface area contributed by atoms with E-state index in [1.807, 2.05) is 60.7 Å². The van der Waals surface area contributed by atoms with E-state index in [-0.39, 0.29) is 36.8 Å². The van der Waals surface area contributed by atoms with Gasteiger partial charge in [0.2, 0.25) is 11.2 Å². The predicted octanol–water partition coefficient (Wildman–Crippen LogP) is 2.69. The van der Waals surface area contributed by atoms with Crippen molar-refractivity contribution in [2.24, 2.45) is 11.2 Å². The summed E-state index contributed by atoms with van der Waals surface area (Å²) in [5.41, 5.74) is 2.17. The number of anilines is 1. The van der Waals surface area contributed by atoms with E-state index in [0.717, 1.165) is 11.3 Å². The van der Waals surface area contributed by atoms with Crippen LogP contribution in [0.2, 0.25) is 0 Å². The number of hydrogen-bond acceptors (Lipinski definition) is 8. The third-order valence-electron chi connectivity index (χ3n) is 7.04. The number of ketones is 1. The van der Waals surface area contributed by atoms with E-state index in [9.17, 15) is 24.7 Å². The molecule has 0 saturated carbocycles. The molecule has 12 heteroatoms. The Kier molecular flexibility index (Phi) is 8.01. The summed E-state index contributed by atoms with van der Waals surface area (Å²) in [6.45, 7) is 1.98. The Labute approximate surface area is 229 Å². The second kappa shape index (κ2) is 11.8. The minimum atomic E-state index is -1.25. The van der Waals surface area contributed by atoms with Crippen LogP contribution >= 0.6 is 11.8 Å². The molecule has 2 aromatic rings. The largest absolute Gasteiger partial charge is 0.569 e. The number of carboxylic acid groups (broad SMARTS) is 1. The van der Waals surface area contributed by atoms with Crippen molar-refractivity contribution in [3.05, 3.63) is 82.7 Å². The zero-order chi connectivity index (χ0) is 27.4. The normalized spacial score (nSPS) is 21.4. The minimum Gasteiger partial charge on any atom is -0.569 e. The summed E-state index contributed by atoms with van der Waals surface area (Å²) in [5, 5.41) is 27.0. The summed E-state index contributed by atoms with van der Waals surface area (Å²) in [5.74, 6) is -1.96. The van der Waals surface area contributed by atoms with E-state index in [4.69, 9.17) is 4.84 Å². The van der Waals surface area contributed by atoms with Gasteiger partial charge in [-0.3, -0.25) is 14.5 Å². The lowest BCUT2D eigenvalue weighted by molar-refractivity contribution is -0.711. The monoisotopic (exact) mass is 551 g/mol. The number of fused-ring (bicyclic) bond motifs is 1. The molecule has 2 fully saturated rings. The Morgan fingerprint density at radius 1 is 1.05 bits per heavy atom. The zero-order valence-electron chi connectivity index (χ0n) is 21.2. The highest BCUT2D eigenvalue weighted by Crippen LogP contribution is 2.45. The average Bonchev–Trinajstić information content (AvgIpc) is 2.96. The summed E-state index contributed by atoms with van der Waals surface area (Å²) in [7, 11) is 0. The topological polar surface area (TPSA) is 129 Å². The van der Waals surface area contributed by atoms with Crippen molar-refractivity contribution in [2.75, 3.05) is 43.4 Å². The van der Waals surface area contributed by atoms with Crippen molar-refractivity contribution in [2.45, 2.75) is 18.2 Å². The van der Waals surface area contributed by atoms with Crippen LogP contribution < -0.4 is 4.90 Å². The molecule has 3 aliphatic rings. The Morgan fingerprint density at radius 2 is 1.72 bits per heavy atom. The van der Waals surface area contributed by atoms with Gasteiger partial charge in [-0.05, 0) is 17.7 Å². The molecule has 39 heavy (non-hydrogen) atoms. The number of carboxylic acids is 1. The second-order valence-electron chi connectivity index (χ2n) is 9.56. The van der Waals surface area contributed by atoms with Crippen LogP contribution in [0.5, 0.6) is 0 Å². The number of rotatable bonds is 10. The number of para-hydroxylation sites is 1. The number of Topliss-reactive ketones (excluding diaryl/α,β-unsaturated/α-hetero) is 1. The van der Waals surface area contributed by atoms with Crippen molar-refractivity contribution in [1.82, 2.24) is 9.91 Å². The quantitative estimate of drug-likeness (QED) is 0.205. The van der Waals surface area contributed by atoms with Gasteiger partial charge >= 0.3 is 5.97 Å². The number of carbonyl (C=O) groups excluding carboxylic acids is 2. The lowest BCUT2D eigenvalue weighted by atomic mass is 9.89. The van der Waals surface area contributed by atoms with Gasteiger partial charge in [0.25, 0.3) is 0 Å². The van der Waals surface area contributed by atoms with Crippen LogP contribution in [0.4, 0.5) is 5.69 Å². The van der Waals surface area contributed by atoms with E-state index in [1.54, 1.807) is 0 Å². The minimum absolute atomic E-state index is 0.0614. The summed E-state index contributed by atoms with van der Waals surface area (Å²) >= 11 is 1.39. The molecule has 5 rings (SSSR count). The molecule has 1 amide bonds. The van der Waals surface area contributed by atoms with E-state index in [2.05, 4.69) is 10.2 Å². The molecule has 0 spiro atoms. The van der Waals surface area contributed by atoms with Gasteiger partial charge in [-0.15, -0.1) is 16.8 Å². The summed E-state index contributed by atoms with van der Waals surface area (Å²) in [6, 6.07) is 19.2. The molecular weight excluding hydrogens is 522 g/mol. The Balaban J connectivity index is 1.15. The van der Waals surface area contributed by atoms with E-state index < -0.39 is 17.3 Å². The SMILES string of the molecule is O=C(Cc1ccccc1)C[C@@H]1C(=O)N2C(C(=O)O)=C(CO/N=[N+](\[O-])N3CCN(c4ccccc4)CC3)CS[C@H]12. The lowest BCUT2D eigenvalue weighted by Gasteiger charge is -2.49. The van der Waals surface area contributed by atoms with Gasteiger partial charge in [-0.2, -0.15) is 0 Å². The first-order valence-corrected chi connectivity index (χ1v) is 13.8. The molecule has 2 atom stereocenters. The molecule has 0 aliphatic carbocycles. The standard InChI is InChI=1S/C27H29N5O6S/c33-22(15-19-7-3-1-4-8-19)16-23-25(34)31-24(27(35)36)20(18-39-26(23)31)17-38-28-32(37)30-13-11-29(12-14-30)21-9-5-2-6-10-21/h1-10,23,26H,11-18H2,(H,35,36)/b32-28-/t23-,26-/m1/s1. The van der Waals surface area contributed by atoms with Crippen LogP contribution in [0.15, 0.2) is 77.2 Å². The highest BCUT2D eigenvalue weighted by atomic mass is 32.2. The number of thioether (sulfide) groups is 1. The Bertz CT molecular complexity index is 1280. The number of hydrogen-bond donors (Lipinski definition) is 1. The van der Waals surface area contributed by atoms with E-state index in [0.29, 0.717) is 42.5 Å². The van der Waals surface area contributed by atoms with Gasteiger partial charge in [0.05, 0.1) is 29.4 Å². The fourth-order valence-corrected chi connectivity index (χ4v) is 6.44. The Hall–Kier alpha value is -4.06. The lowest BCUT2D eigenvalue weighted by Crippen LogP contribution is -2.62. The number of piperazine rings is 1. The van der Waals surface area contributed by atoms with E-state index in [1.165, 1.54) is 21.7 Å². The fourth-order valence-electron chi connectivity index (χ4n) is 5.04. The predicted molar refractivity (Wildman–Crippen MR) is 143 cm³/mol. The fraction of sp³-hybridized carbons (Fsp3) is 0.370. The Morgan fingerprint density at radius 3 is 2.38 bits per heavy atom. The molecule has 2 aromatic carbocycles. The van der Waals surface area contributed by atoms with Gasteiger partial charge in [0, 0.05) is 42.9 Å². The number of aliphatic carboxylic acids is 1. The number of nitrogens with zero attached hydrogens (tertiary/aromatic N) is 5. The zero-order valence-corrected chi connectivity index (χ0v) is 22.0. The molecular formula is C27H29N5O6S. The maximum atomic E-state index is 12.9. The van der Waals surface area contributed by atoms with Crippen molar-refractivity contribution in [3.8, 4) is 0 Å². The van der Waals surface area contributed by atoms with Crippen molar-refractivity contribution in [3.63, 3.8) is 0 Å². The van der Waals surface area contributed by atoms with Gasteiger partial charge in [0.1, 0.15) is 18.1 Å². The van der Waals surface area contributed by atoms with Crippen molar-refractivity contribution >= 4 is 35.1 Å². The first-order chi connectivity index (χ1) is 18.9. The number of β-lactam (4-membered cyclic amide) rings is 1. The van der Waals surface area contributed by atoms with Crippen LogP contribution in [0.25, 0.3) is 0 Å². The van der Waals surface area contributed by atoms with Crippen LogP contribution in [-0.2, 0) is 25.6 Å². The molecule has 0 aromatic heterocycles. The molecule has 0 unspecified atom stereocenters. The van der Waals surface area contributed by atoms with Crippen LogP contribution in [-0.4, -0.2) is 81.6 Å². The molecule has 2 saturated heterocycles. The molecule has 0 bridgehead atoms. The van der Waals surface area contributed by atoms with Crippen LogP contribution in [0, 0.1) is 11.1 Å².